The molecule has 13 heavy (non-hydrogen) atoms. The van der Waals surface area contributed by atoms with Gasteiger partial charge in [-0.1, -0.05) is 6.08 Å². The third kappa shape index (κ3) is 4.54. The number of hydrogen-bond acceptors (Lipinski definition) is 3. The number of carboxylic acids is 1. The predicted octanol–water partition coefficient (Wildman–Crippen LogP) is 0.802. The monoisotopic (exact) mass is 195 g/mol. The van der Waals surface area contributed by atoms with E-state index < -0.39 is 24.5 Å². The van der Waals surface area contributed by atoms with Crippen LogP contribution < -0.4 is 5.48 Å². The molecule has 76 valence electrons. The van der Waals surface area contributed by atoms with Gasteiger partial charge < -0.3 is 5.11 Å². The molecule has 0 aromatic carbocycles. The zero-order chi connectivity index (χ0) is 10.5. The SMILES string of the molecule is C=CC(C)ONCC(F)(F)C(=O)O. The minimum Gasteiger partial charge on any atom is -0.477 e. The Morgan fingerprint density at radius 1 is 1.85 bits per heavy atom. The van der Waals surface area contributed by atoms with E-state index in [0.717, 1.165) is 0 Å². The molecule has 0 aromatic heterocycles. The predicted molar refractivity (Wildman–Crippen MR) is 41.3 cm³/mol. The highest BCUT2D eigenvalue weighted by Crippen LogP contribution is 2.11. The molecule has 0 bridgehead atoms. The van der Waals surface area contributed by atoms with Gasteiger partial charge in [-0.3, -0.25) is 4.84 Å². The largest absolute Gasteiger partial charge is 0.477 e. The first-order valence-electron chi connectivity index (χ1n) is 3.52. The Hall–Kier alpha value is -1.01. The fraction of sp³-hybridized carbons (Fsp3) is 0.571. The molecular weight excluding hydrogens is 184 g/mol. The number of hydrogen-bond donors (Lipinski definition) is 2. The Labute approximate surface area is 74.1 Å². The van der Waals surface area contributed by atoms with E-state index in [1.165, 1.54) is 6.08 Å². The van der Waals surface area contributed by atoms with Crippen LogP contribution in [-0.2, 0) is 9.63 Å². The van der Waals surface area contributed by atoms with Gasteiger partial charge in [0.1, 0.15) is 0 Å². The van der Waals surface area contributed by atoms with Gasteiger partial charge in [0.25, 0.3) is 0 Å². The highest BCUT2D eigenvalue weighted by Gasteiger charge is 2.38. The standard InChI is InChI=1S/C7H11F2NO3/c1-3-5(2)13-10-4-7(8,9)6(11)12/h3,5,10H,1,4H2,2H3,(H,11,12). The summed E-state index contributed by atoms with van der Waals surface area (Å²) in [5.74, 6) is -6.00. The first-order valence-corrected chi connectivity index (χ1v) is 3.52. The highest BCUT2D eigenvalue weighted by molar-refractivity contribution is 5.75. The van der Waals surface area contributed by atoms with Crippen molar-refractivity contribution in [2.24, 2.45) is 0 Å². The Morgan fingerprint density at radius 3 is 2.77 bits per heavy atom. The quantitative estimate of drug-likeness (QED) is 0.486. The van der Waals surface area contributed by atoms with Crippen molar-refractivity contribution in [3.63, 3.8) is 0 Å². The Morgan fingerprint density at radius 2 is 2.38 bits per heavy atom. The Balaban J connectivity index is 3.76. The van der Waals surface area contributed by atoms with E-state index in [1.54, 1.807) is 6.92 Å². The molecule has 0 heterocycles. The van der Waals surface area contributed by atoms with Gasteiger partial charge in [0.2, 0.25) is 0 Å². The van der Waals surface area contributed by atoms with Crippen LogP contribution in [0.1, 0.15) is 6.92 Å². The summed E-state index contributed by atoms with van der Waals surface area (Å²) >= 11 is 0. The molecule has 0 radical (unpaired) electrons. The van der Waals surface area contributed by atoms with Crippen molar-refractivity contribution in [3.8, 4) is 0 Å². The molecule has 0 rings (SSSR count). The molecule has 1 unspecified atom stereocenters. The number of aliphatic carboxylic acids is 1. The van der Waals surface area contributed by atoms with Gasteiger partial charge in [-0.25, -0.2) is 4.79 Å². The van der Waals surface area contributed by atoms with Crippen molar-refractivity contribution in [2.75, 3.05) is 6.54 Å². The summed E-state index contributed by atoms with van der Waals surface area (Å²) in [5.41, 5.74) is 1.86. The van der Waals surface area contributed by atoms with Crippen LogP contribution in [0, 0.1) is 0 Å². The zero-order valence-electron chi connectivity index (χ0n) is 7.09. The maximum Gasteiger partial charge on any atom is 0.376 e. The second-order valence-corrected chi connectivity index (χ2v) is 2.39. The van der Waals surface area contributed by atoms with E-state index in [2.05, 4.69) is 11.4 Å². The van der Waals surface area contributed by atoms with Gasteiger partial charge in [-0.05, 0) is 6.92 Å². The van der Waals surface area contributed by atoms with Crippen LogP contribution in [0.3, 0.4) is 0 Å². The minimum absolute atomic E-state index is 0.454. The molecule has 0 fully saturated rings. The topological polar surface area (TPSA) is 58.6 Å². The van der Waals surface area contributed by atoms with Crippen LogP contribution in [0.25, 0.3) is 0 Å². The number of carbonyl (C=O) groups is 1. The summed E-state index contributed by atoms with van der Waals surface area (Å²) in [5, 5.41) is 8.00. The lowest BCUT2D eigenvalue weighted by Gasteiger charge is -2.13. The van der Waals surface area contributed by atoms with Crippen LogP contribution in [0.15, 0.2) is 12.7 Å². The second kappa shape index (κ2) is 4.88. The fourth-order valence-corrected chi connectivity index (χ4v) is 0.387. The average Bonchev–Trinajstić information content (AvgIpc) is 2.03. The molecule has 6 heteroatoms. The fourth-order valence-electron chi connectivity index (χ4n) is 0.387. The van der Waals surface area contributed by atoms with E-state index in [-0.39, 0.29) is 0 Å². The first-order chi connectivity index (χ1) is 5.90. The maximum absolute atomic E-state index is 12.3. The summed E-state index contributed by atoms with van der Waals surface area (Å²) in [6.07, 6.45) is 0.927. The molecule has 4 nitrogen and oxygen atoms in total. The van der Waals surface area contributed by atoms with Crippen LogP contribution >= 0.6 is 0 Å². The molecule has 0 aliphatic rings. The van der Waals surface area contributed by atoms with E-state index in [4.69, 9.17) is 5.11 Å². The molecule has 0 saturated carbocycles. The molecule has 0 aliphatic carbocycles. The lowest BCUT2D eigenvalue weighted by molar-refractivity contribution is -0.168. The molecule has 0 saturated heterocycles. The summed E-state index contributed by atoms with van der Waals surface area (Å²) in [4.78, 5) is 14.5. The molecule has 0 spiro atoms. The molecule has 2 N–H and O–H groups in total. The van der Waals surface area contributed by atoms with Crippen molar-refractivity contribution in [3.05, 3.63) is 12.7 Å². The van der Waals surface area contributed by atoms with Gasteiger partial charge >= 0.3 is 11.9 Å². The zero-order valence-corrected chi connectivity index (χ0v) is 7.09. The normalized spacial score (nSPS) is 13.8. The van der Waals surface area contributed by atoms with Gasteiger partial charge in [-0.2, -0.15) is 14.3 Å². The molecule has 1 atom stereocenters. The number of hydroxylamine groups is 1. The number of rotatable bonds is 6. The molecular formula is C7H11F2NO3. The van der Waals surface area contributed by atoms with Gasteiger partial charge in [0.15, 0.2) is 0 Å². The van der Waals surface area contributed by atoms with Gasteiger partial charge in [0.05, 0.1) is 12.6 Å². The minimum atomic E-state index is -3.82. The number of halogens is 2. The van der Waals surface area contributed by atoms with E-state index in [1.807, 2.05) is 5.48 Å². The lowest BCUT2D eigenvalue weighted by atomic mass is 10.3. The van der Waals surface area contributed by atoms with Gasteiger partial charge in [-0.15, -0.1) is 6.58 Å². The summed E-state index contributed by atoms with van der Waals surface area (Å²) < 4.78 is 24.7. The van der Waals surface area contributed by atoms with Crippen molar-refractivity contribution in [1.82, 2.24) is 5.48 Å². The lowest BCUT2D eigenvalue weighted by Crippen LogP contribution is -2.40. The van der Waals surface area contributed by atoms with Crippen LogP contribution in [0.5, 0.6) is 0 Å². The van der Waals surface area contributed by atoms with Crippen LogP contribution in [0.4, 0.5) is 8.78 Å². The first kappa shape index (κ1) is 12.0. The second-order valence-electron chi connectivity index (χ2n) is 2.39. The third-order valence-corrected chi connectivity index (χ3v) is 1.21. The maximum atomic E-state index is 12.3. The average molecular weight is 195 g/mol. The van der Waals surface area contributed by atoms with Crippen molar-refractivity contribution in [2.45, 2.75) is 19.0 Å². The molecule has 0 amide bonds. The smallest absolute Gasteiger partial charge is 0.376 e. The number of carboxylic acid groups (broad SMARTS) is 1. The van der Waals surface area contributed by atoms with E-state index in [9.17, 15) is 13.6 Å². The van der Waals surface area contributed by atoms with Crippen molar-refractivity contribution >= 4 is 5.97 Å². The van der Waals surface area contributed by atoms with Crippen LogP contribution in [-0.4, -0.2) is 29.6 Å². The van der Waals surface area contributed by atoms with Crippen molar-refractivity contribution < 1.29 is 23.5 Å². The number of alkyl halides is 2. The Kier molecular flexibility index (Phi) is 4.50. The van der Waals surface area contributed by atoms with Crippen molar-refractivity contribution in [1.29, 1.82) is 0 Å². The number of nitrogens with one attached hydrogen (secondary N) is 1. The van der Waals surface area contributed by atoms with Crippen LogP contribution in [0.2, 0.25) is 0 Å². The van der Waals surface area contributed by atoms with E-state index in [0.29, 0.717) is 0 Å². The highest BCUT2D eigenvalue weighted by atomic mass is 19.3. The third-order valence-electron chi connectivity index (χ3n) is 1.21. The summed E-state index contributed by atoms with van der Waals surface area (Å²) in [6, 6.07) is 0. The summed E-state index contributed by atoms with van der Waals surface area (Å²) in [7, 11) is 0. The van der Waals surface area contributed by atoms with E-state index >= 15 is 0 Å². The summed E-state index contributed by atoms with van der Waals surface area (Å²) in [6.45, 7) is 3.84. The molecule has 0 aliphatic heterocycles. The Bertz CT molecular complexity index is 196. The molecule has 0 aromatic rings. The van der Waals surface area contributed by atoms with Gasteiger partial charge in [0, 0.05) is 0 Å².